The fourth-order valence-electron chi connectivity index (χ4n) is 7.43. The van der Waals surface area contributed by atoms with Gasteiger partial charge in [0, 0.05) is 11.3 Å². The summed E-state index contributed by atoms with van der Waals surface area (Å²) in [5.41, 5.74) is 2.19. The number of carbonyl (C=O) groups is 3. The molecule has 0 radical (unpaired) electrons. The van der Waals surface area contributed by atoms with E-state index in [2.05, 4.69) is 23.5 Å². The molecule has 11 heteroatoms. The Hall–Kier alpha value is -3.96. The lowest BCUT2D eigenvalue weighted by molar-refractivity contribution is -0.156. The normalized spacial score (nSPS) is 27.7. The second-order valence-corrected chi connectivity index (χ2v) is 13.8. The van der Waals surface area contributed by atoms with Crippen molar-refractivity contribution in [1.82, 2.24) is 24.8 Å². The molecule has 4 heterocycles. The van der Waals surface area contributed by atoms with Crippen LogP contribution in [0.4, 0.5) is 0 Å². The lowest BCUT2D eigenvalue weighted by Gasteiger charge is -2.39. The van der Waals surface area contributed by atoms with Crippen LogP contribution in [0.1, 0.15) is 37.8 Å². The number of aliphatic hydroxyl groups is 1. The van der Waals surface area contributed by atoms with Crippen molar-refractivity contribution >= 4 is 40.6 Å². The first-order valence-corrected chi connectivity index (χ1v) is 15.7. The summed E-state index contributed by atoms with van der Waals surface area (Å²) in [6.45, 7) is 9.70. The number of ether oxygens (including phenoxy) is 1. The molecule has 1 N–H and O–H groups in total. The second-order valence-electron chi connectivity index (χ2n) is 11.9. The van der Waals surface area contributed by atoms with Gasteiger partial charge in [0.05, 0.1) is 41.4 Å². The first kappa shape index (κ1) is 30.1. The molecular weight excluding hydrogens is 578 g/mol. The van der Waals surface area contributed by atoms with Crippen LogP contribution in [0.25, 0.3) is 11.0 Å². The van der Waals surface area contributed by atoms with Crippen molar-refractivity contribution in [3.05, 3.63) is 85.5 Å². The first-order chi connectivity index (χ1) is 21.3. The van der Waals surface area contributed by atoms with Crippen molar-refractivity contribution < 1.29 is 24.2 Å². The van der Waals surface area contributed by atoms with Crippen LogP contribution in [0, 0.1) is 11.8 Å². The zero-order chi connectivity index (χ0) is 31.1. The molecule has 3 saturated heterocycles. The summed E-state index contributed by atoms with van der Waals surface area (Å²) in [4.78, 5) is 46.4. The minimum atomic E-state index is -0.940. The zero-order valence-corrected chi connectivity index (χ0v) is 25.6. The molecule has 3 aromatic rings. The van der Waals surface area contributed by atoms with Gasteiger partial charge in [0.15, 0.2) is 0 Å². The van der Waals surface area contributed by atoms with Crippen LogP contribution < -0.4 is 0 Å². The van der Waals surface area contributed by atoms with Gasteiger partial charge in [0.25, 0.3) is 0 Å². The van der Waals surface area contributed by atoms with Crippen LogP contribution >= 0.6 is 11.8 Å². The third-order valence-electron chi connectivity index (χ3n) is 9.35. The molecule has 2 bridgehead atoms. The Morgan fingerprint density at radius 2 is 1.91 bits per heavy atom. The Labute approximate surface area is 260 Å². The Balaban J connectivity index is 1.44. The molecule has 3 aliphatic rings. The van der Waals surface area contributed by atoms with Gasteiger partial charge in [-0.2, -0.15) is 0 Å². The molecular formula is C33H37N5O5S. The number of para-hydroxylation sites is 1. The summed E-state index contributed by atoms with van der Waals surface area (Å²) in [5, 5.41) is 19.3. The fourth-order valence-corrected chi connectivity index (χ4v) is 9.75. The molecule has 3 aliphatic heterocycles. The van der Waals surface area contributed by atoms with Crippen molar-refractivity contribution in [3.63, 3.8) is 0 Å². The summed E-state index contributed by atoms with van der Waals surface area (Å²) in [5.74, 6) is -2.51. The average molecular weight is 616 g/mol. The maximum Gasteiger partial charge on any atom is 0.311 e. The molecule has 3 fully saturated rings. The second kappa shape index (κ2) is 11.9. The van der Waals surface area contributed by atoms with Crippen molar-refractivity contribution in [2.75, 3.05) is 19.8 Å². The Kier molecular flexibility index (Phi) is 8.10. The van der Waals surface area contributed by atoms with E-state index in [1.54, 1.807) is 38.4 Å². The number of hydrogen-bond donors (Lipinski definition) is 1. The van der Waals surface area contributed by atoms with Crippen LogP contribution in [0.3, 0.4) is 0 Å². The molecule has 6 rings (SSSR count). The van der Waals surface area contributed by atoms with E-state index in [1.165, 1.54) is 0 Å². The van der Waals surface area contributed by atoms with E-state index >= 15 is 0 Å². The third kappa shape index (κ3) is 4.73. The highest BCUT2D eigenvalue weighted by Crippen LogP contribution is 2.72. The van der Waals surface area contributed by atoms with Gasteiger partial charge in [0.2, 0.25) is 11.8 Å². The van der Waals surface area contributed by atoms with Crippen LogP contribution in [0.15, 0.2) is 79.9 Å². The van der Waals surface area contributed by atoms with Gasteiger partial charge >= 0.3 is 5.97 Å². The quantitative estimate of drug-likeness (QED) is 0.186. The topological polar surface area (TPSA) is 118 Å². The molecule has 0 aliphatic carbocycles. The maximum absolute atomic E-state index is 14.9. The van der Waals surface area contributed by atoms with Gasteiger partial charge < -0.3 is 19.6 Å². The number of aromatic nitrogens is 3. The van der Waals surface area contributed by atoms with Crippen molar-refractivity contribution in [2.24, 2.45) is 11.8 Å². The zero-order valence-electron chi connectivity index (χ0n) is 24.7. The van der Waals surface area contributed by atoms with E-state index in [0.29, 0.717) is 30.3 Å². The predicted molar refractivity (Wildman–Crippen MR) is 167 cm³/mol. The number of benzene rings is 2. The van der Waals surface area contributed by atoms with E-state index in [0.717, 1.165) is 5.52 Å². The van der Waals surface area contributed by atoms with E-state index < -0.39 is 39.4 Å². The number of thioether (sulfide) groups is 1. The van der Waals surface area contributed by atoms with E-state index in [9.17, 15) is 19.5 Å². The standard InChI is InChI=1S/C33H37N5O5S/c1-4-6-19-43-31(42)27-26-29(40)38(25(20-39)22-12-8-7-9-13-22)28(33(26)17-16-32(27,3)44-33)30(41)36(18-5-2)21-37-24-15-11-10-14-23(24)34-35-37/h4-5,7-15,25-28,39H,1-2,6,16-21H2,3H3/t25-,26+,27-,28?,32+,33?/m1/s1. The number of esters is 1. The fraction of sp³-hybridized carbons (Fsp3) is 0.424. The average Bonchev–Trinajstić information content (AvgIpc) is 3.73. The van der Waals surface area contributed by atoms with Gasteiger partial charge in [-0.25, -0.2) is 4.68 Å². The number of hydrogen-bond acceptors (Lipinski definition) is 8. The highest BCUT2D eigenvalue weighted by atomic mass is 32.2. The maximum atomic E-state index is 14.9. The van der Waals surface area contributed by atoms with E-state index in [-0.39, 0.29) is 38.2 Å². The first-order valence-electron chi connectivity index (χ1n) is 14.9. The Morgan fingerprint density at radius 3 is 2.64 bits per heavy atom. The molecule has 2 unspecified atom stereocenters. The molecule has 230 valence electrons. The third-order valence-corrected chi connectivity index (χ3v) is 11.3. The molecule has 0 saturated carbocycles. The number of carbonyl (C=O) groups excluding carboxylic acids is 3. The summed E-state index contributed by atoms with van der Waals surface area (Å²) in [6.07, 6.45) is 5.07. The van der Waals surface area contributed by atoms with Gasteiger partial charge in [0.1, 0.15) is 18.2 Å². The van der Waals surface area contributed by atoms with E-state index in [1.807, 2.05) is 61.5 Å². The molecule has 10 nitrogen and oxygen atoms in total. The predicted octanol–water partition coefficient (Wildman–Crippen LogP) is 3.74. The summed E-state index contributed by atoms with van der Waals surface area (Å²) < 4.78 is 5.88. The number of rotatable bonds is 12. The summed E-state index contributed by atoms with van der Waals surface area (Å²) in [6, 6.07) is 15.0. The highest BCUT2D eigenvalue weighted by molar-refractivity contribution is 8.02. The van der Waals surface area contributed by atoms with Gasteiger partial charge in [-0.05, 0) is 43.9 Å². The minimum absolute atomic E-state index is 0.0920. The summed E-state index contributed by atoms with van der Waals surface area (Å²) in [7, 11) is 0. The van der Waals surface area contributed by atoms with Crippen molar-refractivity contribution in [3.8, 4) is 0 Å². The van der Waals surface area contributed by atoms with Gasteiger partial charge in [-0.3, -0.25) is 14.4 Å². The van der Waals surface area contributed by atoms with Crippen LogP contribution in [0.5, 0.6) is 0 Å². The Bertz CT molecular complexity index is 1600. The lowest BCUT2D eigenvalue weighted by Crippen LogP contribution is -2.55. The van der Waals surface area contributed by atoms with Gasteiger partial charge in [-0.1, -0.05) is 59.8 Å². The molecule has 1 spiro atoms. The Morgan fingerprint density at radius 1 is 1.16 bits per heavy atom. The van der Waals surface area contributed by atoms with Crippen molar-refractivity contribution in [2.45, 2.75) is 54.4 Å². The smallest absolute Gasteiger partial charge is 0.311 e. The molecule has 44 heavy (non-hydrogen) atoms. The molecule has 6 atom stereocenters. The number of nitrogens with zero attached hydrogens (tertiary/aromatic N) is 5. The van der Waals surface area contributed by atoms with Crippen LogP contribution in [-0.4, -0.2) is 83.0 Å². The molecule has 2 amide bonds. The SMILES string of the molecule is C=CCCOC(=O)[C@H]1[C@H]2C(=O)N([C@H](CO)c3ccccc3)C(C(=O)N(CC=C)Cn3nnc4ccccc43)C23CC[C@]1(C)S3. The van der Waals surface area contributed by atoms with Crippen molar-refractivity contribution in [1.29, 1.82) is 0 Å². The number of amides is 2. The minimum Gasteiger partial charge on any atom is -0.465 e. The molecule has 2 aromatic carbocycles. The largest absolute Gasteiger partial charge is 0.465 e. The van der Waals surface area contributed by atoms with E-state index in [4.69, 9.17) is 4.74 Å². The number of fused-ring (bicyclic) bond motifs is 2. The van der Waals surface area contributed by atoms with Gasteiger partial charge in [-0.15, -0.1) is 30.0 Å². The lowest BCUT2D eigenvalue weighted by atomic mass is 9.66. The van der Waals surface area contributed by atoms with Crippen LogP contribution in [0.2, 0.25) is 0 Å². The number of likely N-dealkylation sites (tertiary alicyclic amines) is 1. The highest BCUT2D eigenvalue weighted by Gasteiger charge is 2.78. The molecule has 1 aromatic heterocycles. The summed E-state index contributed by atoms with van der Waals surface area (Å²) >= 11 is 1.57. The monoisotopic (exact) mass is 615 g/mol. The van der Waals surface area contributed by atoms with Crippen LogP contribution in [-0.2, 0) is 25.8 Å². The number of aliphatic hydroxyl groups excluding tert-OH is 1.